The number of aliphatic hydroxyl groups excluding tert-OH is 2. The molecule has 0 radical (unpaired) electrons. The Morgan fingerprint density at radius 1 is 1.12 bits per heavy atom. The van der Waals surface area contributed by atoms with Crippen LogP contribution >= 0.6 is 0 Å². The Labute approximate surface area is 195 Å². The molecule has 9 heteroatoms. The van der Waals surface area contributed by atoms with E-state index in [4.69, 9.17) is 11.5 Å². The molecule has 1 aromatic carbocycles. The maximum absolute atomic E-state index is 14.6. The number of nitrogen functional groups attached to an aromatic ring is 2. The van der Waals surface area contributed by atoms with Gasteiger partial charge < -0.3 is 26.2 Å². The molecule has 0 spiro atoms. The molecular weight excluding hydrogens is 440 g/mol. The Balaban J connectivity index is 1.34. The first-order valence-corrected chi connectivity index (χ1v) is 11.3. The van der Waals surface area contributed by atoms with E-state index in [0.29, 0.717) is 47.8 Å². The average Bonchev–Trinajstić information content (AvgIpc) is 3.33. The molecule has 0 aliphatic heterocycles. The largest absolute Gasteiger partial charge is 0.390 e. The summed E-state index contributed by atoms with van der Waals surface area (Å²) in [5.74, 6) is -0.336. The lowest BCUT2D eigenvalue weighted by atomic mass is 9.80. The number of hydrogen-bond donors (Lipinski definition) is 4. The van der Waals surface area contributed by atoms with E-state index >= 15 is 0 Å². The van der Waals surface area contributed by atoms with Crippen molar-refractivity contribution < 1.29 is 19.0 Å². The summed E-state index contributed by atoms with van der Waals surface area (Å²) >= 11 is 0. The van der Waals surface area contributed by atoms with Crippen LogP contribution in [0.3, 0.4) is 0 Å². The third-order valence-corrected chi connectivity index (χ3v) is 7.25. The Morgan fingerprint density at radius 2 is 1.91 bits per heavy atom. The Bertz CT molecular complexity index is 1390. The number of pyridine rings is 2. The summed E-state index contributed by atoms with van der Waals surface area (Å²) in [7, 11) is 0. The molecule has 6 N–H and O–H groups in total. The number of rotatable bonds is 5. The number of halogens is 2. The van der Waals surface area contributed by atoms with Gasteiger partial charge in [0.2, 0.25) is 0 Å². The van der Waals surface area contributed by atoms with Crippen LogP contribution in [-0.4, -0.2) is 37.0 Å². The maximum Gasteiger partial charge on any atom is 0.165 e. The summed E-state index contributed by atoms with van der Waals surface area (Å²) in [6, 6.07) is 7.67. The molecule has 7 nitrogen and oxygen atoms in total. The zero-order valence-corrected chi connectivity index (χ0v) is 18.7. The molecule has 0 unspecified atom stereocenters. The van der Waals surface area contributed by atoms with Gasteiger partial charge in [-0.25, -0.2) is 18.7 Å². The van der Waals surface area contributed by atoms with Crippen LogP contribution in [0.2, 0.25) is 0 Å². The van der Waals surface area contributed by atoms with E-state index in [9.17, 15) is 19.0 Å². The van der Waals surface area contributed by atoms with Gasteiger partial charge >= 0.3 is 0 Å². The molecule has 5 rings (SSSR count). The highest BCUT2D eigenvalue weighted by atomic mass is 19.1. The highest BCUT2D eigenvalue weighted by molar-refractivity contribution is 5.89. The van der Waals surface area contributed by atoms with E-state index in [1.165, 1.54) is 6.07 Å². The van der Waals surface area contributed by atoms with E-state index < -0.39 is 29.5 Å². The molecular formula is C25H27F2N5O2. The number of nitrogens with zero attached hydrogens (tertiary/aromatic N) is 3. The summed E-state index contributed by atoms with van der Waals surface area (Å²) in [6.07, 6.45) is 2.97. The molecule has 3 aromatic heterocycles. The second kappa shape index (κ2) is 8.18. The predicted octanol–water partition coefficient (Wildman–Crippen LogP) is 3.72. The fourth-order valence-corrected chi connectivity index (χ4v) is 5.40. The fourth-order valence-electron chi connectivity index (χ4n) is 5.40. The van der Waals surface area contributed by atoms with E-state index in [1.54, 1.807) is 29.0 Å². The summed E-state index contributed by atoms with van der Waals surface area (Å²) in [5, 5.41) is 22.7. The number of benzene rings is 1. The van der Waals surface area contributed by atoms with Crippen LogP contribution in [0.5, 0.6) is 0 Å². The van der Waals surface area contributed by atoms with Gasteiger partial charge in [-0.2, -0.15) is 0 Å². The Hall–Kier alpha value is -3.30. The van der Waals surface area contributed by atoms with Crippen molar-refractivity contribution in [2.75, 3.05) is 11.5 Å². The van der Waals surface area contributed by atoms with Crippen molar-refractivity contribution in [3.63, 3.8) is 0 Å². The smallest absolute Gasteiger partial charge is 0.165 e. The van der Waals surface area contributed by atoms with Gasteiger partial charge in [-0.15, -0.1) is 0 Å². The number of fused-ring (bicyclic) bond motifs is 2. The number of anilines is 2. The summed E-state index contributed by atoms with van der Waals surface area (Å²) in [5.41, 5.74) is 12.6. The van der Waals surface area contributed by atoms with Crippen LogP contribution in [0.1, 0.15) is 37.8 Å². The summed E-state index contributed by atoms with van der Waals surface area (Å²) < 4.78 is 30.7. The highest BCUT2D eigenvalue weighted by Crippen LogP contribution is 2.48. The van der Waals surface area contributed by atoms with Gasteiger partial charge in [0.25, 0.3) is 0 Å². The average molecular weight is 468 g/mol. The second-order valence-corrected chi connectivity index (χ2v) is 9.57. The summed E-state index contributed by atoms with van der Waals surface area (Å²) in [4.78, 5) is 8.06. The minimum atomic E-state index is -1.07. The van der Waals surface area contributed by atoms with Crippen molar-refractivity contribution in [1.29, 1.82) is 0 Å². The van der Waals surface area contributed by atoms with Crippen molar-refractivity contribution in [2.45, 2.75) is 50.9 Å². The van der Waals surface area contributed by atoms with E-state index in [0.717, 1.165) is 11.8 Å². The van der Waals surface area contributed by atoms with Gasteiger partial charge in [-0.3, -0.25) is 0 Å². The number of hydrogen-bond acceptors (Lipinski definition) is 6. The van der Waals surface area contributed by atoms with Crippen molar-refractivity contribution in [3.05, 3.63) is 59.9 Å². The molecule has 0 bridgehead atoms. The maximum atomic E-state index is 14.6. The van der Waals surface area contributed by atoms with Gasteiger partial charge in [0.05, 0.1) is 29.4 Å². The third kappa shape index (κ3) is 3.65. The van der Waals surface area contributed by atoms with Crippen molar-refractivity contribution >= 4 is 33.4 Å². The molecule has 1 fully saturated rings. The molecule has 178 valence electrons. The van der Waals surface area contributed by atoms with Gasteiger partial charge in [0.1, 0.15) is 23.6 Å². The first-order chi connectivity index (χ1) is 16.2. The normalized spacial score (nSPS) is 24.9. The van der Waals surface area contributed by atoms with E-state index in [-0.39, 0.29) is 17.2 Å². The fraction of sp³-hybridized carbons (Fsp3) is 0.360. The van der Waals surface area contributed by atoms with Gasteiger partial charge in [0, 0.05) is 17.0 Å². The zero-order chi connectivity index (χ0) is 24.2. The Morgan fingerprint density at radius 3 is 2.71 bits per heavy atom. The first-order valence-electron chi connectivity index (χ1n) is 11.3. The van der Waals surface area contributed by atoms with Crippen molar-refractivity contribution in [2.24, 2.45) is 5.41 Å². The monoisotopic (exact) mass is 467 g/mol. The molecule has 3 heterocycles. The minimum Gasteiger partial charge on any atom is -0.390 e. The Kier molecular flexibility index (Phi) is 5.41. The van der Waals surface area contributed by atoms with E-state index in [2.05, 4.69) is 9.97 Å². The lowest BCUT2D eigenvalue weighted by Gasteiger charge is -2.28. The van der Waals surface area contributed by atoms with Crippen molar-refractivity contribution in [1.82, 2.24) is 14.5 Å². The van der Waals surface area contributed by atoms with Crippen molar-refractivity contribution in [3.8, 4) is 0 Å². The van der Waals surface area contributed by atoms with Crippen LogP contribution in [0, 0.1) is 17.0 Å². The lowest BCUT2D eigenvalue weighted by Crippen LogP contribution is -2.34. The molecule has 4 atom stereocenters. The predicted molar refractivity (Wildman–Crippen MR) is 127 cm³/mol. The first kappa shape index (κ1) is 22.5. The number of nitrogens with two attached hydrogens (primary N) is 2. The molecule has 0 amide bonds. The number of aryl methyl sites for hydroxylation is 1. The molecule has 34 heavy (non-hydrogen) atoms. The zero-order valence-electron chi connectivity index (χ0n) is 18.7. The van der Waals surface area contributed by atoms with E-state index in [1.807, 2.05) is 13.0 Å². The second-order valence-electron chi connectivity index (χ2n) is 9.57. The molecule has 1 aliphatic carbocycles. The van der Waals surface area contributed by atoms with Crippen LogP contribution in [0.15, 0.2) is 42.7 Å². The topological polar surface area (TPSA) is 123 Å². The third-order valence-electron chi connectivity index (χ3n) is 7.25. The molecule has 4 aromatic rings. The minimum absolute atomic E-state index is 0.213. The highest BCUT2D eigenvalue weighted by Gasteiger charge is 2.50. The summed E-state index contributed by atoms with van der Waals surface area (Å²) in [6.45, 7) is 1.92. The van der Waals surface area contributed by atoms with Crippen LogP contribution < -0.4 is 11.5 Å². The quantitative estimate of drug-likeness (QED) is 0.355. The van der Waals surface area contributed by atoms with Gasteiger partial charge in [-0.05, 0) is 67.0 Å². The van der Waals surface area contributed by atoms with Crippen LogP contribution in [0.4, 0.5) is 20.4 Å². The number of aliphatic hydroxyl groups is 2. The van der Waals surface area contributed by atoms with Gasteiger partial charge in [-0.1, -0.05) is 6.92 Å². The lowest BCUT2D eigenvalue weighted by molar-refractivity contribution is -0.0248. The standard InChI is InChI=1S/C25H27F2N5O2/c1-25(7-2-3-13-9-16(26)14-4-5-20(28)31-18(14)10-13)11-19(22(33)23(25)34)32-8-6-15-21(32)17(27)12-30-24(15)29/h4-6,8-10,12,19,22-23,33-34H,2-3,7,11H2,1H3,(H2,28,31)(H2,29,30)/t19-,22+,23+,25+/m1/s1. The van der Waals surface area contributed by atoms with Crippen LogP contribution in [-0.2, 0) is 6.42 Å². The molecule has 0 saturated heterocycles. The molecule has 1 aliphatic rings. The van der Waals surface area contributed by atoms with Crippen LogP contribution in [0.25, 0.3) is 21.8 Å². The molecule has 1 saturated carbocycles. The van der Waals surface area contributed by atoms with Gasteiger partial charge in [0.15, 0.2) is 5.82 Å². The number of aromatic nitrogens is 3. The SMILES string of the molecule is C[C@]1(CCCc2cc(F)c3ccc(N)nc3c2)C[C@@H](n2ccc3c(N)ncc(F)c32)[C@H](O)[C@@H]1O.